The molecule has 24 heavy (non-hydrogen) atoms. The monoisotopic (exact) mass is 332 g/mol. The molecule has 2 atom stereocenters. The molecule has 1 aromatic heterocycles. The SMILES string of the molecule is O=C(NCCCn1ccccc1=O)[C@H]1C[C@@H]1c1ccc(F)cc1F. The van der Waals surface area contributed by atoms with Gasteiger partial charge in [-0.25, -0.2) is 8.78 Å². The number of nitrogens with one attached hydrogen (secondary N) is 1. The molecule has 6 heteroatoms. The predicted molar refractivity (Wildman–Crippen MR) is 85.5 cm³/mol. The van der Waals surface area contributed by atoms with Gasteiger partial charge in [0.2, 0.25) is 11.5 Å². The topological polar surface area (TPSA) is 51.1 Å². The van der Waals surface area contributed by atoms with Crippen LogP contribution in [0.15, 0.2) is 47.4 Å². The second-order valence-corrected chi connectivity index (χ2v) is 5.99. The summed E-state index contributed by atoms with van der Waals surface area (Å²) in [4.78, 5) is 23.6. The Morgan fingerprint density at radius 1 is 1.25 bits per heavy atom. The summed E-state index contributed by atoms with van der Waals surface area (Å²) < 4.78 is 28.2. The van der Waals surface area contributed by atoms with Crippen molar-refractivity contribution >= 4 is 5.91 Å². The molecule has 0 radical (unpaired) electrons. The Bertz CT molecular complexity index is 804. The number of aryl methyl sites for hydroxylation is 1. The highest BCUT2D eigenvalue weighted by Gasteiger charge is 2.45. The van der Waals surface area contributed by atoms with E-state index in [-0.39, 0.29) is 23.3 Å². The van der Waals surface area contributed by atoms with Crippen LogP contribution in [0, 0.1) is 17.6 Å². The van der Waals surface area contributed by atoms with E-state index in [0.717, 1.165) is 6.07 Å². The molecule has 1 aliphatic rings. The molecule has 1 aromatic carbocycles. The van der Waals surface area contributed by atoms with E-state index in [9.17, 15) is 18.4 Å². The van der Waals surface area contributed by atoms with Crippen LogP contribution in [0.2, 0.25) is 0 Å². The molecule has 0 aliphatic heterocycles. The van der Waals surface area contributed by atoms with E-state index in [0.29, 0.717) is 31.5 Å². The number of benzene rings is 1. The second-order valence-electron chi connectivity index (χ2n) is 5.99. The lowest BCUT2D eigenvalue weighted by Gasteiger charge is -2.07. The van der Waals surface area contributed by atoms with Crippen LogP contribution in [-0.4, -0.2) is 17.0 Å². The Morgan fingerprint density at radius 3 is 2.83 bits per heavy atom. The van der Waals surface area contributed by atoms with E-state index in [1.54, 1.807) is 22.9 Å². The van der Waals surface area contributed by atoms with Gasteiger partial charge in [-0.2, -0.15) is 0 Å². The number of pyridine rings is 1. The third-order valence-corrected chi connectivity index (χ3v) is 4.26. The van der Waals surface area contributed by atoms with Gasteiger partial charge in [0.15, 0.2) is 0 Å². The minimum atomic E-state index is -0.617. The van der Waals surface area contributed by atoms with Crippen molar-refractivity contribution in [2.75, 3.05) is 6.54 Å². The molecule has 1 saturated carbocycles. The van der Waals surface area contributed by atoms with Gasteiger partial charge in [-0.1, -0.05) is 12.1 Å². The Kier molecular flexibility index (Phi) is 4.74. The molecule has 1 N–H and O–H groups in total. The summed E-state index contributed by atoms with van der Waals surface area (Å²) in [6, 6.07) is 8.42. The molecule has 2 aromatic rings. The van der Waals surface area contributed by atoms with Crippen molar-refractivity contribution in [2.24, 2.45) is 5.92 Å². The predicted octanol–water partition coefficient (Wildman–Crippen LogP) is 2.44. The number of amides is 1. The molecule has 3 rings (SSSR count). The number of hydrogen-bond acceptors (Lipinski definition) is 2. The third kappa shape index (κ3) is 3.69. The summed E-state index contributed by atoms with van der Waals surface area (Å²) in [5.41, 5.74) is 0.324. The zero-order chi connectivity index (χ0) is 17.1. The lowest BCUT2D eigenvalue weighted by atomic mass is 10.1. The minimum absolute atomic E-state index is 0.0714. The van der Waals surface area contributed by atoms with Crippen molar-refractivity contribution in [3.05, 3.63) is 70.1 Å². The van der Waals surface area contributed by atoms with Gasteiger partial charge in [0.25, 0.3) is 0 Å². The Morgan fingerprint density at radius 2 is 2.08 bits per heavy atom. The number of nitrogens with zero attached hydrogens (tertiary/aromatic N) is 1. The first-order valence-corrected chi connectivity index (χ1v) is 7.94. The van der Waals surface area contributed by atoms with Crippen molar-refractivity contribution in [3.8, 4) is 0 Å². The lowest BCUT2D eigenvalue weighted by molar-refractivity contribution is -0.122. The highest BCUT2D eigenvalue weighted by Crippen LogP contribution is 2.48. The number of carbonyl (C=O) groups excluding carboxylic acids is 1. The van der Waals surface area contributed by atoms with Crippen molar-refractivity contribution in [1.82, 2.24) is 9.88 Å². The van der Waals surface area contributed by atoms with Crippen LogP contribution in [0.5, 0.6) is 0 Å². The fraction of sp³-hybridized carbons (Fsp3) is 0.333. The average Bonchev–Trinajstić information content (AvgIpc) is 3.33. The van der Waals surface area contributed by atoms with Crippen molar-refractivity contribution in [1.29, 1.82) is 0 Å². The fourth-order valence-electron chi connectivity index (χ4n) is 2.87. The fourth-order valence-corrected chi connectivity index (χ4v) is 2.87. The minimum Gasteiger partial charge on any atom is -0.356 e. The number of halogens is 2. The maximum Gasteiger partial charge on any atom is 0.250 e. The van der Waals surface area contributed by atoms with Crippen molar-refractivity contribution in [2.45, 2.75) is 25.3 Å². The van der Waals surface area contributed by atoms with Crippen molar-refractivity contribution in [3.63, 3.8) is 0 Å². The maximum atomic E-state index is 13.7. The van der Waals surface area contributed by atoms with Gasteiger partial charge in [-0.05, 0) is 36.5 Å². The maximum absolute atomic E-state index is 13.7. The van der Waals surface area contributed by atoms with E-state index in [4.69, 9.17) is 0 Å². The molecular formula is C18H18F2N2O2. The Balaban J connectivity index is 1.45. The molecule has 1 fully saturated rings. The van der Waals surface area contributed by atoms with Gasteiger partial charge in [0, 0.05) is 37.3 Å². The number of aromatic nitrogens is 1. The van der Waals surface area contributed by atoms with E-state index in [1.165, 1.54) is 18.2 Å². The first kappa shape index (κ1) is 16.4. The standard InChI is InChI=1S/C18H18F2N2O2/c19-12-5-6-13(16(20)10-12)14-11-15(14)18(24)21-7-3-9-22-8-2-1-4-17(22)23/h1-2,4-6,8,10,14-15H,3,7,9,11H2,(H,21,24)/t14-,15+/m1/s1. The molecule has 0 bridgehead atoms. The molecule has 4 nitrogen and oxygen atoms in total. The van der Waals surface area contributed by atoms with Crippen LogP contribution in [0.3, 0.4) is 0 Å². The Labute approximate surface area is 138 Å². The van der Waals surface area contributed by atoms with Crippen LogP contribution in [0.4, 0.5) is 8.78 Å². The van der Waals surface area contributed by atoms with Crippen LogP contribution in [0.25, 0.3) is 0 Å². The van der Waals surface area contributed by atoms with Gasteiger partial charge in [-0.3, -0.25) is 9.59 Å². The zero-order valence-electron chi connectivity index (χ0n) is 13.0. The van der Waals surface area contributed by atoms with Gasteiger partial charge in [0.1, 0.15) is 11.6 Å². The number of rotatable bonds is 6. The molecule has 1 aliphatic carbocycles. The van der Waals surface area contributed by atoms with E-state index in [2.05, 4.69) is 5.32 Å². The highest BCUT2D eigenvalue weighted by molar-refractivity contribution is 5.82. The summed E-state index contributed by atoms with van der Waals surface area (Å²) in [5, 5.41) is 2.81. The number of hydrogen-bond donors (Lipinski definition) is 1. The van der Waals surface area contributed by atoms with E-state index in [1.807, 2.05) is 0 Å². The lowest BCUT2D eigenvalue weighted by Crippen LogP contribution is -2.28. The largest absolute Gasteiger partial charge is 0.356 e. The molecule has 0 spiro atoms. The molecule has 0 saturated heterocycles. The summed E-state index contributed by atoms with van der Waals surface area (Å²) >= 11 is 0. The third-order valence-electron chi connectivity index (χ3n) is 4.26. The summed E-state index contributed by atoms with van der Waals surface area (Å²) in [6.45, 7) is 0.982. The second kappa shape index (κ2) is 6.95. The molecular weight excluding hydrogens is 314 g/mol. The summed E-state index contributed by atoms with van der Waals surface area (Å²) in [7, 11) is 0. The van der Waals surface area contributed by atoms with Gasteiger partial charge >= 0.3 is 0 Å². The van der Waals surface area contributed by atoms with Crippen LogP contribution in [0.1, 0.15) is 24.3 Å². The van der Waals surface area contributed by atoms with Crippen molar-refractivity contribution < 1.29 is 13.6 Å². The smallest absolute Gasteiger partial charge is 0.250 e. The molecule has 1 heterocycles. The van der Waals surface area contributed by atoms with Gasteiger partial charge in [-0.15, -0.1) is 0 Å². The van der Waals surface area contributed by atoms with Gasteiger partial charge < -0.3 is 9.88 Å². The first-order chi connectivity index (χ1) is 11.6. The quantitative estimate of drug-likeness (QED) is 0.826. The molecule has 1 amide bonds. The summed E-state index contributed by atoms with van der Waals surface area (Å²) in [5.74, 6) is -1.77. The average molecular weight is 332 g/mol. The van der Waals surface area contributed by atoms with E-state index < -0.39 is 11.6 Å². The molecule has 126 valence electrons. The van der Waals surface area contributed by atoms with Crippen LogP contribution < -0.4 is 10.9 Å². The number of carbonyl (C=O) groups is 1. The highest BCUT2D eigenvalue weighted by atomic mass is 19.1. The van der Waals surface area contributed by atoms with Gasteiger partial charge in [0.05, 0.1) is 0 Å². The van der Waals surface area contributed by atoms with Crippen LogP contribution in [-0.2, 0) is 11.3 Å². The summed E-state index contributed by atoms with van der Waals surface area (Å²) in [6.07, 6.45) is 2.92. The van der Waals surface area contributed by atoms with Crippen LogP contribution >= 0.6 is 0 Å². The van der Waals surface area contributed by atoms with E-state index >= 15 is 0 Å². The Hall–Kier alpha value is -2.50. The first-order valence-electron chi connectivity index (χ1n) is 7.94. The zero-order valence-corrected chi connectivity index (χ0v) is 13.0. The normalized spacial score (nSPS) is 19.1. The molecule has 0 unspecified atom stereocenters.